The van der Waals surface area contributed by atoms with E-state index in [2.05, 4.69) is 21.0 Å². The first-order chi connectivity index (χ1) is 21.8. The van der Waals surface area contributed by atoms with Crippen LogP contribution in [0.15, 0.2) is 91.5 Å². The lowest BCUT2D eigenvalue weighted by atomic mass is 9.92. The van der Waals surface area contributed by atoms with Gasteiger partial charge in [0, 0.05) is 76.2 Å². The minimum atomic E-state index is -0.446. The Labute approximate surface area is 259 Å². The van der Waals surface area contributed by atoms with Gasteiger partial charge in [-0.25, -0.2) is 4.39 Å². The second kappa shape index (κ2) is 11.9. The van der Waals surface area contributed by atoms with Crippen LogP contribution in [0, 0.1) is 30.5 Å². The quantitative estimate of drug-likeness (QED) is 0.141. The summed E-state index contributed by atoms with van der Waals surface area (Å²) in [6.45, 7) is 3.94. The SMILES string of the molecule is Cc1cccc(-c2ncc(-c3cc(F)c(-c4ncccc4-c4cnc(C=N)c(N)c4)cc3C)cc2-c2cnc(C=N)c(N)c2)c1. The number of nitrogens with zero attached hydrogens (tertiary/aromatic N) is 4. The molecule has 45 heavy (non-hydrogen) atoms. The molecule has 6 aromatic rings. The number of aryl methyl sites for hydroxylation is 2. The van der Waals surface area contributed by atoms with Crippen LogP contribution in [0.3, 0.4) is 0 Å². The first-order valence-corrected chi connectivity index (χ1v) is 14.1. The number of aromatic nitrogens is 4. The number of halogens is 1. The molecule has 9 heteroatoms. The van der Waals surface area contributed by atoms with Crippen molar-refractivity contribution in [1.82, 2.24) is 19.9 Å². The maximum Gasteiger partial charge on any atom is 0.133 e. The van der Waals surface area contributed by atoms with E-state index in [4.69, 9.17) is 27.3 Å². The minimum Gasteiger partial charge on any atom is -0.397 e. The second-order valence-corrected chi connectivity index (χ2v) is 10.7. The van der Waals surface area contributed by atoms with Gasteiger partial charge in [0.2, 0.25) is 0 Å². The van der Waals surface area contributed by atoms with Crippen molar-refractivity contribution < 1.29 is 4.39 Å². The number of hydrogen-bond donors (Lipinski definition) is 4. The third kappa shape index (κ3) is 5.54. The van der Waals surface area contributed by atoms with Gasteiger partial charge in [-0.2, -0.15) is 0 Å². The largest absolute Gasteiger partial charge is 0.397 e. The lowest BCUT2D eigenvalue weighted by Gasteiger charge is -2.16. The Balaban J connectivity index is 1.48. The zero-order chi connectivity index (χ0) is 31.7. The average molecular weight is 593 g/mol. The highest BCUT2D eigenvalue weighted by Gasteiger charge is 2.19. The Morgan fingerprint density at radius 1 is 0.600 bits per heavy atom. The monoisotopic (exact) mass is 592 g/mol. The highest BCUT2D eigenvalue weighted by Crippen LogP contribution is 2.39. The molecule has 0 radical (unpaired) electrons. The van der Waals surface area contributed by atoms with Gasteiger partial charge in [0.1, 0.15) is 17.2 Å². The van der Waals surface area contributed by atoms with E-state index in [-0.39, 0.29) is 0 Å². The van der Waals surface area contributed by atoms with Crippen molar-refractivity contribution in [3.05, 3.63) is 120 Å². The molecule has 0 atom stereocenters. The van der Waals surface area contributed by atoms with Crippen molar-refractivity contribution in [2.24, 2.45) is 0 Å². The first kappa shape index (κ1) is 29.0. The van der Waals surface area contributed by atoms with E-state index in [0.717, 1.165) is 51.5 Å². The van der Waals surface area contributed by atoms with Gasteiger partial charge in [0.15, 0.2) is 0 Å². The number of nitrogens with one attached hydrogen (secondary N) is 2. The molecule has 0 aliphatic heterocycles. The summed E-state index contributed by atoms with van der Waals surface area (Å²) >= 11 is 0. The third-order valence-corrected chi connectivity index (χ3v) is 7.66. The summed E-state index contributed by atoms with van der Waals surface area (Å²) in [5, 5.41) is 15.1. The summed E-state index contributed by atoms with van der Waals surface area (Å²) in [5.74, 6) is -0.446. The highest BCUT2D eigenvalue weighted by atomic mass is 19.1. The maximum atomic E-state index is 16.1. The van der Waals surface area contributed by atoms with E-state index in [1.807, 2.05) is 44.2 Å². The van der Waals surface area contributed by atoms with Crippen LogP contribution < -0.4 is 11.5 Å². The topological polar surface area (TPSA) is 151 Å². The fraction of sp³-hybridized carbons (Fsp3) is 0.0556. The van der Waals surface area contributed by atoms with Crippen LogP contribution in [0.5, 0.6) is 0 Å². The summed E-state index contributed by atoms with van der Waals surface area (Å²) in [5.41, 5.74) is 22.4. The van der Waals surface area contributed by atoms with Gasteiger partial charge in [-0.05, 0) is 67.4 Å². The normalized spacial score (nSPS) is 10.9. The van der Waals surface area contributed by atoms with Crippen LogP contribution in [-0.2, 0) is 0 Å². The molecule has 0 spiro atoms. The molecule has 0 saturated carbocycles. The number of pyridine rings is 4. The number of benzene rings is 2. The molecule has 4 aromatic heterocycles. The first-order valence-electron chi connectivity index (χ1n) is 14.1. The molecule has 6 N–H and O–H groups in total. The van der Waals surface area contributed by atoms with Gasteiger partial charge in [0.25, 0.3) is 0 Å². The lowest BCUT2D eigenvalue weighted by molar-refractivity contribution is 0.631. The van der Waals surface area contributed by atoms with Crippen LogP contribution in [-0.4, -0.2) is 32.4 Å². The molecule has 0 fully saturated rings. The second-order valence-electron chi connectivity index (χ2n) is 10.7. The maximum absolute atomic E-state index is 16.1. The fourth-order valence-electron chi connectivity index (χ4n) is 5.40. The predicted octanol–water partition coefficient (Wildman–Crippen LogP) is 7.52. The molecule has 0 aliphatic carbocycles. The Hall–Kier alpha value is -6.09. The molecule has 4 heterocycles. The highest BCUT2D eigenvalue weighted by molar-refractivity contribution is 5.90. The molecule has 0 aliphatic rings. The zero-order valence-corrected chi connectivity index (χ0v) is 24.6. The van der Waals surface area contributed by atoms with E-state index in [0.29, 0.717) is 50.7 Å². The molecule has 2 aromatic carbocycles. The molecule has 0 saturated heterocycles. The van der Waals surface area contributed by atoms with Crippen LogP contribution in [0.2, 0.25) is 0 Å². The molecule has 8 nitrogen and oxygen atoms in total. The fourth-order valence-corrected chi connectivity index (χ4v) is 5.40. The van der Waals surface area contributed by atoms with E-state index in [1.54, 1.807) is 49.1 Å². The summed E-state index contributed by atoms with van der Waals surface area (Å²) in [6.07, 6.45) is 8.86. The summed E-state index contributed by atoms with van der Waals surface area (Å²) in [4.78, 5) is 18.0. The van der Waals surface area contributed by atoms with Gasteiger partial charge in [-0.1, -0.05) is 29.8 Å². The number of anilines is 2. The summed E-state index contributed by atoms with van der Waals surface area (Å²) in [6, 6.07) is 20.4. The van der Waals surface area contributed by atoms with Crippen LogP contribution in [0.25, 0.3) is 55.9 Å². The number of nitrogens with two attached hydrogens (primary N) is 2. The zero-order valence-electron chi connectivity index (χ0n) is 24.6. The van der Waals surface area contributed by atoms with Gasteiger partial charge in [0.05, 0.1) is 22.8 Å². The van der Waals surface area contributed by atoms with Crippen LogP contribution in [0.4, 0.5) is 15.8 Å². The van der Waals surface area contributed by atoms with Gasteiger partial charge in [-0.15, -0.1) is 0 Å². The molecule has 0 bridgehead atoms. The van der Waals surface area contributed by atoms with Crippen molar-refractivity contribution in [3.8, 4) is 55.9 Å². The van der Waals surface area contributed by atoms with Crippen molar-refractivity contribution in [3.63, 3.8) is 0 Å². The molecule has 0 unspecified atom stereocenters. The van der Waals surface area contributed by atoms with E-state index in [9.17, 15) is 0 Å². The van der Waals surface area contributed by atoms with Gasteiger partial charge < -0.3 is 22.3 Å². The molecule has 220 valence electrons. The Kier molecular flexibility index (Phi) is 7.66. The predicted molar refractivity (Wildman–Crippen MR) is 179 cm³/mol. The Morgan fingerprint density at radius 2 is 1.24 bits per heavy atom. The Morgan fingerprint density at radius 3 is 1.89 bits per heavy atom. The van der Waals surface area contributed by atoms with Crippen LogP contribution in [0.1, 0.15) is 22.5 Å². The number of nitrogen functional groups attached to an aromatic ring is 2. The van der Waals surface area contributed by atoms with Crippen LogP contribution >= 0.6 is 0 Å². The number of rotatable bonds is 7. The summed E-state index contributed by atoms with van der Waals surface area (Å²) in [7, 11) is 0. The standard InChI is InChI=1S/C36H29FN8/c1-20-5-3-6-22(9-20)35-28(25-13-32(41)34(16-39)44-18-25)11-23(19-45-35)27-14-30(37)29(10-21(27)2)36-26(7-4-8-42-36)24-12-31(40)33(15-38)43-17-24/h3-19,38-39H,40-41H2,1-2H3. The summed E-state index contributed by atoms with van der Waals surface area (Å²) < 4.78 is 16.1. The molecular weight excluding hydrogens is 563 g/mol. The molecule has 6 rings (SSSR count). The van der Waals surface area contributed by atoms with Crippen molar-refractivity contribution in [2.75, 3.05) is 11.5 Å². The minimum absolute atomic E-state index is 0.338. The van der Waals surface area contributed by atoms with E-state index in [1.165, 1.54) is 6.07 Å². The van der Waals surface area contributed by atoms with E-state index < -0.39 is 5.82 Å². The molecule has 0 amide bonds. The smallest absolute Gasteiger partial charge is 0.133 e. The third-order valence-electron chi connectivity index (χ3n) is 7.66. The average Bonchev–Trinajstić information content (AvgIpc) is 3.05. The van der Waals surface area contributed by atoms with Gasteiger partial charge >= 0.3 is 0 Å². The van der Waals surface area contributed by atoms with Gasteiger partial charge in [-0.3, -0.25) is 19.9 Å². The van der Waals surface area contributed by atoms with Crippen molar-refractivity contribution in [2.45, 2.75) is 13.8 Å². The van der Waals surface area contributed by atoms with E-state index >= 15 is 4.39 Å². The lowest BCUT2D eigenvalue weighted by Crippen LogP contribution is -2.00. The van der Waals surface area contributed by atoms with Crippen molar-refractivity contribution >= 4 is 23.8 Å². The van der Waals surface area contributed by atoms with Crippen molar-refractivity contribution in [1.29, 1.82) is 10.8 Å². The molecular formula is C36H29FN8. The number of hydrogen-bond acceptors (Lipinski definition) is 8. The Bertz CT molecular complexity index is 2120.